The SMILES string of the molecule is CC(=O)OCC1O[C@H](NC(=O)C2CC2)C(OC(C)=O)[C@@H](OC(C)=O)[C@@H]1OC(C)=O. The second-order valence-corrected chi connectivity index (χ2v) is 6.90. The molecular formula is C18H25NO10. The van der Waals surface area contributed by atoms with Crippen LogP contribution >= 0.6 is 0 Å². The van der Waals surface area contributed by atoms with E-state index in [9.17, 15) is 24.0 Å². The zero-order valence-electron chi connectivity index (χ0n) is 16.7. The fourth-order valence-electron chi connectivity index (χ4n) is 2.95. The van der Waals surface area contributed by atoms with E-state index in [1.807, 2.05) is 0 Å². The second-order valence-electron chi connectivity index (χ2n) is 6.90. The lowest BCUT2D eigenvalue weighted by Crippen LogP contribution is -2.66. The van der Waals surface area contributed by atoms with Gasteiger partial charge in [0.2, 0.25) is 5.91 Å². The van der Waals surface area contributed by atoms with Gasteiger partial charge in [-0.2, -0.15) is 0 Å². The molecule has 1 saturated carbocycles. The molecule has 1 heterocycles. The van der Waals surface area contributed by atoms with Gasteiger partial charge in [0.15, 0.2) is 24.5 Å². The molecule has 1 N–H and O–H groups in total. The van der Waals surface area contributed by atoms with Gasteiger partial charge in [-0.1, -0.05) is 0 Å². The van der Waals surface area contributed by atoms with Crippen molar-refractivity contribution >= 4 is 29.8 Å². The van der Waals surface area contributed by atoms with E-state index in [0.29, 0.717) is 0 Å². The van der Waals surface area contributed by atoms with Crippen LogP contribution in [-0.4, -0.2) is 67.0 Å². The highest BCUT2D eigenvalue weighted by Gasteiger charge is 2.53. The summed E-state index contributed by atoms with van der Waals surface area (Å²) in [6.45, 7) is 4.24. The maximum absolute atomic E-state index is 12.3. The predicted octanol–water partition coefficient (Wildman–Crippen LogP) is -0.404. The summed E-state index contributed by atoms with van der Waals surface area (Å²) in [5.41, 5.74) is 0. The minimum Gasteiger partial charge on any atom is -0.463 e. The lowest BCUT2D eigenvalue weighted by molar-refractivity contribution is -0.257. The van der Waals surface area contributed by atoms with Crippen LogP contribution in [-0.2, 0) is 47.7 Å². The first kappa shape index (κ1) is 22.6. The molecule has 1 amide bonds. The van der Waals surface area contributed by atoms with Crippen LogP contribution < -0.4 is 5.32 Å². The molecule has 162 valence electrons. The molecule has 11 nitrogen and oxygen atoms in total. The molecule has 0 bridgehead atoms. The van der Waals surface area contributed by atoms with Gasteiger partial charge >= 0.3 is 23.9 Å². The number of carbonyl (C=O) groups excluding carboxylic acids is 5. The van der Waals surface area contributed by atoms with E-state index in [0.717, 1.165) is 33.6 Å². The van der Waals surface area contributed by atoms with Crippen LogP contribution in [0.3, 0.4) is 0 Å². The molecule has 29 heavy (non-hydrogen) atoms. The number of amides is 1. The molecule has 2 fully saturated rings. The van der Waals surface area contributed by atoms with Gasteiger partial charge in [-0.05, 0) is 12.8 Å². The van der Waals surface area contributed by atoms with Crippen LogP contribution in [0.1, 0.15) is 40.5 Å². The van der Waals surface area contributed by atoms with Crippen LogP contribution in [0.25, 0.3) is 0 Å². The zero-order valence-corrected chi connectivity index (χ0v) is 16.7. The second kappa shape index (κ2) is 9.68. The summed E-state index contributed by atoms with van der Waals surface area (Å²) < 4.78 is 26.5. The third kappa shape index (κ3) is 6.70. The van der Waals surface area contributed by atoms with Crippen molar-refractivity contribution in [2.75, 3.05) is 6.61 Å². The topological polar surface area (TPSA) is 144 Å². The Labute approximate surface area is 167 Å². The lowest BCUT2D eigenvalue weighted by Gasteiger charge is -2.44. The van der Waals surface area contributed by atoms with Crippen LogP contribution in [0, 0.1) is 5.92 Å². The van der Waals surface area contributed by atoms with Gasteiger partial charge in [0, 0.05) is 33.6 Å². The van der Waals surface area contributed by atoms with Gasteiger partial charge in [0.05, 0.1) is 0 Å². The fourth-order valence-corrected chi connectivity index (χ4v) is 2.95. The van der Waals surface area contributed by atoms with Gasteiger partial charge in [-0.15, -0.1) is 0 Å². The fraction of sp³-hybridized carbons (Fsp3) is 0.722. The molecule has 1 saturated heterocycles. The molecule has 0 radical (unpaired) electrons. The standard InChI is InChI=1S/C18H25NO10/c1-8(20)25-7-13-14(26-9(2)21)15(27-10(3)22)16(28-11(4)23)18(29-13)19-17(24)12-5-6-12/h12-16,18H,5-7H2,1-4H3,(H,19,24)/t13?,14-,15+,16?,18+/m1/s1. The molecule has 0 spiro atoms. The highest BCUT2D eigenvalue weighted by Crippen LogP contribution is 2.32. The summed E-state index contributed by atoms with van der Waals surface area (Å²) in [4.78, 5) is 58.4. The van der Waals surface area contributed by atoms with Crippen molar-refractivity contribution in [1.29, 1.82) is 0 Å². The van der Waals surface area contributed by atoms with Crippen molar-refractivity contribution in [2.24, 2.45) is 5.92 Å². The third-order valence-corrected chi connectivity index (χ3v) is 4.22. The molecule has 2 rings (SSSR count). The first-order valence-corrected chi connectivity index (χ1v) is 9.19. The van der Waals surface area contributed by atoms with Crippen molar-refractivity contribution in [1.82, 2.24) is 5.32 Å². The molecule has 0 aromatic heterocycles. The number of hydrogen-bond donors (Lipinski definition) is 1. The molecule has 1 aliphatic carbocycles. The average molecular weight is 415 g/mol. The summed E-state index contributed by atoms with van der Waals surface area (Å²) in [6, 6.07) is 0. The Morgan fingerprint density at radius 1 is 0.793 bits per heavy atom. The molecule has 2 unspecified atom stereocenters. The van der Waals surface area contributed by atoms with Crippen LogP contribution in [0.15, 0.2) is 0 Å². The normalized spacial score (nSPS) is 28.6. The molecule has 1 aliphatic heterocycles. The number of nitrogens with one attached hydrogen (secondary N) is 1. The van der Waals surface area contributed by atoms with E-state index >= 15 is 0 Å². The average Bonchev–Trinajstić information content (AvgIpc) is 3.42. The minimum atomic E-state index is -1.29. The summed E-state index contributed by atoms with van der Waals surface area (Å²) in [6.07, 6.45) is -4.66. The summed E-state index contributed by atoms with van der Waals surface area (Å²) >= 11 is 0. The number of ether oxygens (including phenoxy) is 5. The van der Waals surface area contributed by atoms with E-state index in [1.165, 1.54) is 6.92 Å². The van der Waals surface area contributed by atoms with Crippen molar-refractivity contribution in [3.8, 4) is 0 Å². The maximum atomic E-state index is 12.3. The van der Waals surface area contributed by atoms with Gasteiger partial charge in [0.1, 0.15) is 12.7 Å². The predicted molar refractivity (Wildman–Crippen MR) is 92.8 cm³/mol. The first-order chi connectivity index (χ1) is 13.6. The van der Waals surface area contributed by atoms with Gasteiger partial charge < -0.3 is 29.0 Å². The Morgan fingerprint density at radius 2 is 1.31 bits per heavy atom. The number of rotatable bonds is 7. The van der Waals surface area contributed by atoms with E-state index < -0.39 is 54.5 Å². The molecule has 11 heteroatoms. The Bertz CT molecular complexity index is 674. The molecule has 0 aromatic carbocycles. The molecular weight excluding hydrogens is 390 g/mol. The molecule has 0 aromatic rings. The van der Waals surface area contributed by atoms with Crippen LogP contribution in [0.4, 0.5) is 0 Å². The third-order valence-electron chi connectivity index (χ3n) is 4.22. The first-order valence-electron chi connectivity index (χ1n) is 9.19. The number of carbonyl (C=O) groups is 5. The van der Waals surface area contributed by atoms with Crippen molar-refractivity contribution in [2.45, 2.75) is 71.2 Å². The van der Waals surface area contributed by atoms with Gasteiger partial charge in [-0.3, -0.25) is 24.0 Å². The molecule has 2 aliphatic rings. The maximum Gasteiger partial charge on any atom is 0.303 e. The number of esters is 4. The minimum absolute atomic E-state index is 0.179. The van der Waals surface area contributed by atoms with Gasteiger partial charge in [-0.25, -0.2) is 0 Å². The van der Waals surface area contributed by atoms with E-state index in [4.69, 9.17) is 23.7 Å². The zero-order chi connectivity index (χ0) is 21.7. The highest BCUT2D eigenvalue weighted by molar-refractivity contribution is 5.81. The van der Waals surface area contributed by atoms with E-state index in [-0.39, 0.29) is 18.4 Å². The largest absolute Gasteiger partial charge is 0.463 e. The quantitative estimate of drug-likeness (QED) is 0.431. The lowest BCUT2D eigenvalue weighted by atomic mass is 9.97. The molecule has 5 atom stereocenters. The highest BCUT2D eigenvalue weighted by atomic mass is 16.7. The van der Waals surface area contributed by atoms with E-state index in [1.54, 1.807) is 0 Å². The van der Waals surface area contributed by atoms with E-state index in [2.05, 4.69) is 5.32 Å². The Hall–Kier alpha value is -2.69. The van der Waals surface area contributed by atoms with Gasteiger partial charge in [0.25, 0.3) is 0 Å². The summed E-state index contributed by atoms with van der Waals surface area (Å²) in [5.74, 6) is -3.27. The monoisotopic (exact) mass is 415 g/mol. The smallest absolute Gasteiger partial charge is 0.303 e. The van der Waals surface area contributed by atoms with Crippen molar-refractivity contribution < 1.29 is 47.7 Å². The van der Waals surface area contributed by atoms with Crippen LogP contribution in [0.2, 0.25) is 0 Å². The van der Waals surface area contributed by atoms with Crippen molar-refractivity contribution in [3.63, 3.8) is 0 Å². The summed E-state index contributed by atoms with van der Waals surface area (Å²) in [7, 11) is 0. The Kier molecular flexibility index (Phi) is 7.54. The summed E-state index contributed by atoms with van der Waals surface area (Å²) in [5, 5.41) is 2.62. The van der Waals surface area contributed by atoms with Crippen LogP contribution in [0.5, 0.6) is 0 Å². The Morgan fingerprint density at radius 3 is 1.79 bits per heavy atom. The Balaban J connectivity index is 2.35. The van der Waals surface area contributed by atoms with Crippen molar-refractivity contribution in [3.05, 3.63) is 0 Å². The number of hydrogen-bond acceptors (Lipinski definition) is 10.